The van der Waals surface area contributed by atoms with Crippen molar-refractivity contribution in [2.24, 2.45) is 0 Å². The minimum Gasteiger partial charge on any atom is -0.454 e. The molecule has 0 fully saturated rings. The van der Waals surface area contributed by atoms with Crippen molar-refractivity contribution in [3.8, 4) is 0 Å². The van der Waals surface area contributed by atoms with E-state index in [2.05, 4.69) is 208 Å². The van der Waals surface area contributed by atoms with Gasteiger partial charge >= 0.3 is 0 Å². The normalized spacial score (nSPS) is 12.4. The van der Waals surface area contributed by atoms with Crippen LogP contribution in [0.5, 0.6) is 0 Å². The smallest absolute Gasteiger partial charge is 0.159 e. The Morgan fingerprint density at radius 2 is 0.828 bits per heavy atom. The Bertz CT molecular complexity index is 3560. The summed E-state index contributed by atoms with van der Waals surface area (Å²) in [4.78, 5) is 4.83. The van der Waals surface area contributed by atoms with Crippen molar-refractivity contribution in [3.63, 3.8) is 0 Å². The Balaban J connectivity index is 0.00000225. The highest BCUT2D eigenvalue weighted by atomic mass is 16.3. The molecular weight excluding hydrogens is 781 g/mol. The third-order valence-corrected chi connectivity index (χ3v) is 13.2. The van der Waals surface area contributed by atoms with Crippen molar-refractivity contribution in [1.29, 1.82) is 0 Å². The molecule has 0 spiro atoms. The zero-order valence-electron chi connectivity index (χ0n) is 37.5. The molecule has 0 saturated carbocycles. The molecule has 4 nitrogen and oxygen atoms in total. The van der Waals surface area contributed by atoms with Gasteiger partial charge < -0.3 is 18.6 Å². The zero-order valence-corrected chi connectivity index (χ0v) is 37.5. The molecule has 0 atom stereocenters. The van der Waals surface area contributed by atoms with Crippen LogP contribution in [0.25, 0.3) is 68.2 Å². The summed E-state index contributed by atoms with van der Waals surface area (Å²) < 4.78 is 13.7. The van der Waals surface area contributed by atoms with Gasteiger partial charge in [0.1, 0.15) is 11.2 Å². The van der Waals surface area contributed by atoms with E-state index in [9.17, 15) is 0 Å². The summed E-state index contributed by atoms with van der Waals surface area (Å²) in [5.74, 6) is 0. The summed E-state index contributed by atoms with van der Waals surface area (Å²) in [7, 11) is 0. The molecule has 2 bridgehead atoms. The Hall–Kier alpha value is -7.56. The van der Waals surface area contributed by atoms with Gasteiger partial charge in [-0.15, -0.1) is 0 Å². The minimum absolute atomic E-state index is 0.779. The SMILES string of the molecule is CC.Cc1ccc(N(c2ccc3c4c2C=Cc2ccc(N(c5ccc(C)cc5C)c5cccc6c5oc5c(C)cccc56)c(c2C4)C=C3)c2cccc3c2oc2c(C)cccc23)cc1. The fourth-order valence-electron chi connectivity index (χ4n) is 10.1. The molecule has 2 aliphatic carbocycles. The standard InChI is InChI=1S/C58H44N2O2.C2H6/c1-34-18-25-41(26-19-34)59(53-16-8-14-46-44-12-6-10-36(3)55(44)61-57(46)53)51-30-23-39-22-28-43-49-33-48(39)42(51)27-21-40(49)24-31-52(43)60(50-29-20-35(2)32-38(50)5)54-17-9-15-47-45-13-7-11-37(4)56(45)62-58(47)54;1-2/h6-32H,33H2,1-5H3;1-2H3. The number of rotatable bonds is 6. The maximum Gasteiger partial charge on any atom is 0.159 e. The van der Waals surface area contributed by atoms with Gasteiger partial charge in [0, 0.05) is 44.0 Å². The first-order chi connectivity index (χ1) is 31.3. The maximum absolute atomic E-state index is 6.86. The largest absolute Gasteiger partial charge is 0.454 e. The van der Waals surface area contributed by atoms with E-state index in [1.807, 2.05) is 13.8 Å². The first-order valence-corrected chi connectivity index (χ1v) is 22.5. The fraction of sp³-hybridized carbons (Fsp3) is 0.133. The number of para-hydroxylation sites is 4. The van der Waals surface area contributed by atoms with Crippen molar-refractivity contribution < 1.29 is 8.83 Å². The summed E-state index contributed by atoms with van der Waals surface area (Å²) in [5, 5.41) is 4.50. The number of aryl methyl sites for hydroxylation is 5. The van der Waals surface area contributed by atoms with Gasteiger partial charge in [0.2, 0.25) is 0 Å². The van der Waals surface area contributed by atoms with Gasteiger partial charge in [0.25, 0.3) is 0 Å². The van der Waals surface area contributed by atoms with Crippen LogP contribution in [0.15, 0.2) is 148 Å². The van der Waals surface area contributed by atoms with Crippen LogP contribution < -0.4 is 9.80 Å². The van der Waals surface area contributed by atoms with Crippen LogP contribution in [0.4, 0.5) is 34.1 Å². The quantitative estimate of drug-likeness (QED) is 0.167. The van der Waals surface area contributed by atoms with E-state index in [0.29, 0.717) is 0 Å². The molecule has 0 unspecified atom stereocenters. The van der Waals surface area contributed by atoms with Crippen molar-refractivity contribution in [3.05, 3.63) is 201 Å². The molecule has 312 valence electrons. The van der Waals surface area contributed by atoms with Crippen LogP contribution in [-0.4, -0.2) is 0 Å². The van der Waals surface area contributed by atoms with Crippen LogP contribution >= 0.6 is 0 Å². The van der Waals surface area contributed by atoms with Crippen LogP contribution in [0.1, 0.15) is 75.0 Å². The molecule has 0 amide bonds. The van der Waals surface area contributed by atoms with Crippen molar-refractivity contribution in [2.45, 2.75) is 54.9 Å². The average Bonchev–Trinajstić information content (AvgIpc) is 3.75. The Kier molecular flexibility index (Phi) is 9.43. The van der Waals surface area contributed by atoms with Crippen LogP contribution in [-0.2, 0) is 6.42 Å². The summed E-state index contributed by atoms with van der Waals surface area (Å²) in [5.41, 5.74) is 23.5. The van der Waals surface area contributed by atoms with Gasteiger partial charge in [-0.05, 0) is 122 Å². The van der Waals surface area contributed by atoms with Crippen LogP contribution in [0.3, 0.4) is 0 Å². The highest BCUT2D eigenvalue weighted by molar-refractivity contribution is 6.13. The van der Waals surface area contributed by atoms with Crippen molar-refractivity contribution in [1.82, 2.24) is 0 Å². The van der Waals surface area contributed by atoms with Gasteiger partial charge in [-0.25, -0.2) is 0 Å². The molecule has 0 saturated heterocycles. The first-order valence-electron chi connectivity index (χ1n) is 22.5. The number of hydrogen-bond acceptors (Lipinski definition) is 4. The van der Waals surface area contributed by atoms with Gasteiger partial charge in [0.05, 0.1) is 22.7 Å². The minimum atomic E-state index is 0.779. The molecule has 2 aliphatic rings. The zero-order chi connectivity index (χ0) is 43.8. The number of benzene rings is 8. The van der Waals surface area contributed by atoms with E-state index in [4.69, 9.17) is 8.83 Å². The molecular formula is C60H50N2O2. The first kappa shape index (κ1) is 39.3. The summed E-state index contributed by atoms with van der Waals surface area (Å²) in [6.45, 7) is 14.8. The number of furan rings is 2. The highest BCUT2D eigenvalue weighted by Gasteiger charge is 2.29. The molecule has 0 N–H and O–H groups in total. The molecule has 2 heterocycles. The van der Waals surface area contributed by atoms with Gasteiger partial charge in [0.15, 0.2) is 11.2 Å². The molecule has 0 radical (unpaired) electrons. The number of nitrogens with zero attached hydrogens (tertiary/aromatic N) is 2. The van der Waals surface area contributed by atoms with Crippen LogP contribution in [0, 0.1) is 34.6 Å². The second kappa shape index (κ2) is 15.4. The number of fused-ring (bicyclic) bond motifs is 6. The lowest BCUT2D eigenvalue weighted by atomic mass is 9.92. The van der Waals surface area contributed by atoms with E-state index in [-0.39, 0.29) is 0 Å². The second-order valence-electron chi connectivity index (χ2n) is 17.2. The van der Waals surface area contributed by atoms with Crippen molar-refractivity contribution >= 4 is 102 Å². The molecule has 4 heteroatoms. The molecule has 2 aromatic heterocycles. The average molecular weight is 831 g/mol. The third kappa shape index (κ3) is 6.12. The van der Waals surface area contributed by atoms with Gasteiger partial charge in [-0.3, -0.25) is 0 Å². The maximum atomic E-state index is 6.86. The fourth-order valence-corrected chi connectivity index (χ4v) is 10.1. The molecule has 0 aliphatic heterocycles. The number of hydrogen-bond donors (Lipinski definition) is 0. The predicted molar refractivity (Wildman–Crippen MR) is 273 cm³/mol. The summed E-state index contributed by atoms with van der Waals surface area (Å²) in [6, 6.07) is 50.8. The lowest BCUT2D eigenvalue weighted by Crippen LogP contribution is -2.14. The highest BCUT2D eigenvalue weighted by Crippen LogP contribution is 2.50. The monoisotopic (exact) mass is 830 g/mol. The van der Waals surface area contributed by atoms with Crippen molar-refractivity contribution in [2.75, 3.05) is 9.80 Å². The number of anilines is 6. The molecule has 8 aromatic carbocycles. The summed E-state index contributed by atoms with van der Waals surface area (Å²) >= 11 is 0. The van der Waals surface area contributed by atoms with E-state index < -0.39 is 0 Å². The predicted octanol–water partition coefficient (Wildman–Crippen LogP) is 17.6. The molecule has 12 rings (SSSR count). The molecule has 10 aromatic rings. The van der Waals surface area contributed by atoms with Gasteiger partial charge in [-0.1, -0.05) is 146 Å². The topological polar surface area (TPSA) is 32.8 Å². The Morgan fingerprint density at radius 3 is 1.36 bits per heavy atom. The summed E-state index contributed by atoms with van der Waals surface area (Å²) in [6.07, 6.45) is 10.1. The Morgan fingerprint density at radius 1 is 0.375 bits per heavy atom. The van der Waals surface area contributed by atoms with E-state index >= 15 is 0 Å². The van der Waals surface area contributed by atoms with Gasteiger partial charge in [-0.2, -0.15) is 0 Å². The lowest BCUT2D eigenvalue weighted by molar-refractivity contribution is 0.665. The van der Waals surface area contributed by atoms with E-state index in [0.717, 1.165) is 95.5 Å². The van der Waals surface area contributed by atoms with E-state index in [1.54, 1.807) is 0 Å². The molecule has 64 heavy (non-hydrogen) atoms. The third-order valence-electron chi connectivity index (χ3n) is 13.2. The second-order valence-corrected chi connectivity index (χ2v) is 17.2. The Labute approximate surface area is 375 Å². The lowest BCUT2D eigenvalue weighted by Gasteiger charge is -2.30. The van der Waals surface area contributed by atoms with E-state index in [1.165, 1.54) is 50.1 Å². The van der Waals surface area contributed by atoms with Crippen LogP contribution in [0.2, 0.25) is 0 Å².